The van der Waals surface area contributed by atoms with E-state index in [-0.39, 0.29) is 52.2 Å². The second kappa shape index (κ2) is 9.56. The Morgan fingerprint density at radius 3 is 2.89 bits per heavy atom. The molecule has 2 fully saturated rings. The molecule has 1 aromatic carbocycles. The number of benzene rings is 1. The molecule has 4 atom stereocenters. The van der Waals surface area contributed by atoms with Crippen LogP contribution in [-0.2, 0) is 14.3 Å². The Hall–Kier alpha value is -2.42. The normalized spacial score (nSPS) is 25.2. The predicted molar refractivity (Wildman–Crippen MR) is 121 cm³/mol. The monoisotopic (exact) mass is 532 g/mol. The van der Waals surface area contributed by atoms with Crippen LogP contribution in [0.5, 0.6) is 0 Å². The first-order chi connectivity index (χ1) is 16.7. The number of amides is 1. The van der Waals surface area contributed by atoms with E-state index in [4.69, 9.17) is 14.0 Å². The first-order valence-electron chi connectivity index (χ1n) is 10.7. The summed E-state index contributed by atoms with van der Waals surface area (Å²) >= 11 is 0.798. The lowest BCUT2D eigenvalue weighted by Crippen LogP contribution is -2.39. The van der Waals surface area contributed by atoms with Crippen LogP contribution >= 0.6 is 23.1 Å². The average Bonchev–Trinajstić information content (AvgIpc) is 3.52. The van der Waals surface area contributed by atoms with Crippen molar-refractivity contribution in [3.63, 3.8) is 0 Å². The van der Waals surface area contributed by atoms with E-state index >= 15 is 0 Å². The van der Waals surface area contributed by atoms with Crippen molar-refractivity contribution in [2.45, 2.75) is 47.6 Å². The molecule has 2 aliphatic heterocycles. The quantitative estimate of drug-likeness (QED) is 0.349. The van der Waals surface area contributed by atoms with Gasteiger partial charge in [0.15, 0.2) is 0 Å². The maximum Gasteiger partial charge on any atom is 0.446 e. The Bertz CT molecular complexity index is 1230. The van der Waals surface area contributed by atoms with Crippen LogP contribution < -0.4 is 10.6 Å². The zero-order chi connectivity index (χ0) is 24.7. The molecular weight excluding hydrogens is 512 g/mol. The summed E-state index contributed by atoms with van der Waals surface area (Å²) < 4.78 is 70.9. The average molecular weight is 533 g/mol. The lowest BCUT2D eigenvalue weighted by molar-refractivity contribution is -0.127. The van der Waals surface area contributed by atoms with E-state index in [1.165, 1.54) is 7.11 Å². The number of ether oxygens (including phenoxy) is 2. The largest absolute Gasteiger partial charge is 0.446 e. The summed E-state index contributed by atoms with van der Waals surface area (Å²) in [4.78, 5) is 16.3. The van der Waals surface area contributed by atoms with Gasteiger partial charge in [0, 0.05) is 30.4 Å². The number of carbonyl (C=O) groups excluding carboxylic acids is 1. The van der Waals surface area contributed by atoms with Gasteiger partial charge in [0.25, 0.3) is 0 Å². The lowest BCUT2D eigenvalue weighted by atomic mass is 10.1. The van der Waals surface area contributed by atoms with Crippen molar-refractivity contribution in [3.8, 4) is 10.7 Å². The van der Waals surface area contributed by atoms with Gasteiger partial charge in [0.2, 0.25) is 17.6 Å². The fourth-order valence-electron chi connectivity index (χ4n) is 4.12. The van der Waals surface area contributed by atoms with Crippen molar-refractivity contribution in [1.82, 2.24) is 15.5 Å². The van der Waals surface area contributed by atoms with Gasteiger partial charge < -0.3 is 24.6 Å². The Labute approximate surface area is 204 Å². The highest BCUT2D eigenvalue weighted by atomic mass is 32.2. The fraction of sp³-hybridized carbons (Fsp3) is 0.476. The highest BCUT2D eigenvalue weighted by Crippen LogP contribution is 2.50. The fourth-order valence-corrected chi connectivity index (χ4v) is 6.23. The first kappa shape index (κ1) is 24.3. The number of methoxy groups -OCH3 is 1. The molecule has 0 aliphatic carbocycles. The Morgan fingerprint density at radius 2 is 2.17 bits per heavy atom. The molecule has 0 bridgehead atoms. The molecule has 0 unspecified atom stereocenters. The van der Waals surface area contributed by atoms with Gasteiger partial charge >= 0.3 is 5.51 Å². The number of aromatic nitrogens is 2. The van der Waals surface area contributed by atoms with Crippen LogP contribution in [0.1, 0.15) is 24.8 Å². The minimum absolute atomic E-state index is 0.0246. The number of hydrogen-bond acceptors (Lipinski definition) is 9. The summed E-state index contributed by atoms with van der Waals surface area (Å²) in [5.41, 5.74) is -4.04. The maximum absolute atomic E-state index is 14.3. The molecule has 2 saturated heterocycles. The highest BCUT2D eigenvalue weighted by Gasteiger charge is 2.38. The zero-order valence-corrected chi connectivity index (χ0v) is 19.9. The van der Waals surface area contributed by atoms with Crippen molar-refractivity contribution >= 4 is 44.8 Å². The molecule has 188 valence electrons. The number of hydrogen-bond donors (Lipinski definition) is 2. The topological polar surface area (TPSA) is 98.5 Å². The summed E-state index contributed by atoms with van der Waals surface area (Å²) in [6, 6.07) is 3.78. The molecule has 2 N–H and O–H groups in total. The van der Waals surface area contributed by atoms with Crippen LogP contribution in [0.15, 0.2) is 27.6 Å². The van der Waals surface area contributed by atoms with Crippen LogP contribution in [0.25, 0.3) is 20.8 Å². The van der Waals surface area contributed by atoms with Crippen LogP contribution in [0.3, 0.4) is 0 Å². The number of nitrogens with zero attached hydrogens (tertiary/aromatic N) is 2. The van der Waals surface area contributed by atoms with Crippen LogP contribution in [0.4, 0.5) is 23.2 Å². The van der Waals surface area contributed by atoms with Gasteiger partial charge in [-0.15, -0.1) is 11.3 Å². The molecule has 4 heterocycles. The highest BCUT2D eigenvalue weighted by molar-refractivity contribution is 8.00. The van der Waals surface area contributed by atoms with Crippen LogP contribution in [0, 0.1) is 0 Å². The molecule has 0 saturated carbocycles. The molecular formula is C21H20F4N4O4S2. The van der Waals surface area contributed by atoms with Gasteiger partial charge in [-0.25, -0.2) is 4.39 Å². The molecule has 3 aromatic rings. The van der Waals surface area contributed by atoms with E-state index in [2.05, 4.69) is 20.8 Å². The molecule has 2 aliphatic rings. The maximum atomic E-state index is 14.3. The SMILES string of the molecule is CO[C@@H]1C[C@H](c2nc(-c3sc4c(N[C@@H]5CCOC[C@@H]5F)cccc4c3SC(F)(F)F)no2)NC1=O. The van der Waals surface area contributed by atoms with Gasteiger partial charge in [-0.1, -0.05) is 17.3 Å². The summed E-state index contributed by atoms with van der Waals surface area (Å²) in [6.07, 6.45) is -1.21. The number of fused-ring (bicyclic) bond motifs is 1. The van der Waals surface area contributed by atoms with Crippen LogP contribution in [0.2, 0.25) is 0 Å². The lowest BCUT2D eigenvalue weighted by Gasteiger charge is -2.27. The number of carbonyl (C=O) groups is 1. The van der Waals surface area contributed by atoms with E-state index in [1.807, 2.05) is 0 Å². The summed E-state index contributed by atoms with van der Waals surface area (Å²) in [5.74, 6) is -0.278. The van der Waals surface area contributed by atoms with E-state index in [9.17, 15) is 22.4 Å². The minimum Gasteiger partial charge on any atom is -0.378 e. The summed E-state index contributed by atoms with van der Waals surface area (Å²) in [5, 5.41) is 10.1. The van der Waals surface area contributed by atoms with Gasteiger partial charge in [-0.2, -0.15) is 18.2 Å². The second-order valence-corrected chi connectivity index (χ2v) is 10.2. The number of alkyl halides is 4. The van der Waals surface area contributed by atoms with Crippen molar-refractivity contribution < 1.29 is 36.4 Å². The van der Waals surface area contributed by atoms with Gasteiger partial charge in [0.1, 0.15) is 18.3 Å². The molecule has 5 rings (SSSR count). The van der Waals surface area contributed by atoms with Gasteiger partial charge in [0.05, 0.1) is 27.9 Å². The van der Waals surface area contributed by atoms with Crippen molar-refractivity contribution in [2.24, 2.45) is 0 Å². The summed E-state index contributed by atoms with van der Waals surface area (Å²) in [7, 11) is 1.40. The van der Waals surface area contributed by atoms with E-state index in [0.29, 0.717) is 28.8 Å². The van der Waals surface area contributed by atoms with Crippen molar-refractivity contribution in [1.29, 1.82) is 0 Å². The number of nitrogens with one attached hydrogen (secondary N) is 2. The zero-order valence-electron chi connectivity index (χ0n) is 18.2. The third-order valence-corrected chi connectivity index (χ3v) is 8.03. The standard InChI is InChI=1S/C21H20F4N4O4S2/c1-31-14-7-13(27-19(14)30)20-28-18(29-33-20)17-16(35-21(23,24)25)9-3-2-4-12(15(9)34-17)26-11-5-6-32-8-10(11)22/h2-4,10-11,13-14,26H,5-8H2,1H3,(H,27,30)/t10-,11+,13+,14+/m0/s1. The second-order valence-electron chi connectivity index (χ2n) is 8.10. The number of halogens is 4. The Balaban J connectivity index is 1.53. The van der Waals surface area contributed by atoms with Gasteiger partial charge in [-0.3, -0.25) is 4.79 Å². The van der Waals surface area contributed by atoms with E-state index in [0.717, 1.165) is 11.3 Å². The molecule has 0 radical (unpaired) electrons. The molecule has 2 aromatic heterocycles. The van der Waals surface area contributed by atoms with Gasteiger partial charge in [-0.05, 0) is 24.2 Å². The number of rotatable bonds is 6. The van der Waals surface area contributed by atoms with E-state index < -0.39 is 29.9 Å². The smallest absolute Gasteiger partial charge is 0.378 e. The molecule has 14 heteroatoms. The third-order valence-electron chi connectivity index (χ3n) is 5.80. The number of thioether (sulfide) groups is 1. The summed E-state index contributed by atoms with van der Waals surface area (Å²) in [6.45, 7) is 0.359. The molecule has 35 heavy (non-hydrogen) atoms. The minimum atomic E-state index is -4.56. The van der Waals surface area contributed by atoms with Crippen molar-refractivity contribution in [2.75, 3.05) is 25.6 Å². The Morgan fingerprint density at radius 1 is 1.34 bits per heavy atom. The number of anilines is 1. The molecule has 0 spiro atoms. The van der Waals surface area contributed by atoms with E-state index in [1.54, 1.807) is 18.2 Å². The number of thiophene rings is 1. The Kier molecular flexibility index (Phi) is 6.63. The predicted octanol–water partition coefficient (Wildman–Crippen LogP) is 4.68. The third kappa shape index (κ3) is 4.97. The molecule has 1 amide bonds. The van der Waals surface area contributed by atoms with Crippen LogP contribution in [-0.4, -0.2) is 60.2 Å². The molecule has 8 nitrogen and oxygen atoms in total. The van der Waals surface area contributed by atoms with Crippen molar-refractivity contribution in [3.05, 3.63) is 24.1 Å². The first-order valence-corrected chi connectivity index (χ1v) is 12.3.